The predicted octanol–water partition coefficient (Wildman–Crippen LogP) is 3.69. The van der Waals surface area contributed by atoms with E-state index in [0.29, 0.717) is 5.78 Å². The van der Waals surface area contributed by atoms with Crippen LogP contribution >= 0.6 is 0 Å². The van der Waals surface area contributed by atoms with Crippen LogP contribution in [0.2, 0.25) is 0 Å². The summed E-state index contributed by atoms with van der Waals surface area (Å²) >= 11 is 0. The fourth-order valence-electron chi connectivity index (χ4n) is 2.73. The van der Waals surface area contributed by atoms with Crippen molar-refractivity contribution in [2.24, 2.45) is 0 Å². The first-order chi connectivity index (χ1) is 11.3. The molecule has 0 aliphatic heterocycles. The smallest absolute Gasteiger partial charge is 0.257 e. The van der Waals surface area contributed by atoms with E-state index in [-0.39, 0.29) is 0 Å². The summed E-state index contributed by atoms with van der Waals surface area (Å²) in [4.78, 5) is 6.76. The van der Waals surface area contributed by atoms with Crippen molar-refractivity contribution in [2.75, 3.05) is 11.9 Å². The van der Waals surface area contributed by atoms with Gasteiger partial charge in [-0.3, -0.25) is 4.40 Å². The van der Waals surface area contributed by atoms with Gasteiger partial charge in [-0.15, -0.1) is 10.2 Å². The van der Waals surface area contributed by atoms with Gasteiger partial charge >= 0.3 is 0 Å². The fourth-order valence-corrected chi connectivity index (χ4v) is 2.73. The number of aromatic nitrogens is 4. The Bertz CT molecular complexity index is 1000. The highest BCUT2D eigenvalue weighted by atomic mass is 15.3. The van der Waals surface area contributed by atoms with Gasteiger partial charge in [0, 0.05) is 18.1 Å². The zero-order valence-electron chi connectivity index (χ0n) is 12.7. The zero-order chi connectivity index (χ0) is 15.8. The lowest BCUT2D eigenvalue weighted by atomic mass is 10.1. The molecule has 0 aliphatic carbocycles. The first kappa shape index (κ1) is 13.5. The van der Waals surface area contributed by atoms with Crippen LogP contribution in [0.1, 0.15) is 5.56 Å². The van der Waals surface area contributed by atoms with Crippen molar-refractivity contribution in [1.82, 2.24) is 19.6 Å². The van der Waals surface area contributed by atoms with E-state index in [1.165, 1.54) is 0 Å². The van der Waals surface area contributed by atoms with E-state index in [1.807, 2.05) is 47.9 Å². The number of fused-ring (bicyclic) bond motifs is 3. The van der Waals surface area contributed by atoms with Crippen molar-refractivity contribution < 1.29 is 0 Å². The molecule has 0 atom stereocenters. The summed E-state index contributed by atoms with van der Waals surface area (Å²) in [5.74, 6) is 1.43. The molecule has 0 radical (unpaired) electrons. The minimum absolute atomic E-state index is 0.585. The molecule has 23 heavy (non-hydrogen) atoms. The van der Waals surface area contributed by atoms with Gasteiger partial charge in [-0.05, 0) is 29.8 Å². The maximum Gasteiger partial charge on any atom is 0.257 e. The van der Waals surface area contributed by atoms with Crippen molar-refractivity contribution in [3.8, 4) is 0 Å². The first-order valence-electron chi connectivity index (χ1n) is 7.32. The van der Waals surface area contributed by atoms with Gasteiger partial charge in [0.2, 0.25) is 0 Å². The van der Waals surface area contributed by atoms with E-state index in [0.717, 1.165) is 28.0 Å². The Hall–Kier alpha value is -3.21. The van der Waals surface area contributed by atoms with Crippen LogP contribution in [0.3, 0.4) is 0 Å². The number of anilines is 2. The first-order valence-corrected chi connectivity index (χ1v) is 7.32. The van der Waals surface area contributed by atoms with Crippen molar-refractivity contribution in [3.05, 3.63) is 67.0 Å². The van der Waals surface area contributed by atoms with Gasteiger partial charge in [0.15, 0.2) is 0 Å². The third kappa shape index (κ3) is 2.14. The number of nitrogens with zero attached hydrogens (tertiary/aromatic N) is 5. The SMILES string of the molecule is C=Cc1ccc2c(c1)c(N(C)c1ccccc1)nc1nncn12. The lowest BCUT2D eigenvalue weighted by Gasteiger charge is -2.20. The molecule has 2 heterocycles. The van der Waals surface area contributed by atoms with E-state index < -0.39 is 0 Å². The number of para-hydroxylation sites is 1. The maximum absolute atomic E-state index is 4.70. The lowest BCUT2D eigenvalue weighted by Crippen LogP contribution is -2.12. The van der Waals surface area contributed by atoms with Crippen molar-refractivity contribution in [2.45, 2.75) is 0 Å². The minimum Gasteiger partial charge on any atom is -0.329 e. The molecule has 0 bridgehead atoms. The van der Waals surface area contributed by atoms with E-state index in [2.05, 4.69) is 39.9 Å². The number of hydrogen-bond donors (Lipinski definition) is 0. The monoisotopic (exact) mass is 301 g/mol. The molecule has 4 rings (SSSR count). The number of rotatable bonds is 3. The van der Waals surface area contributed by atoms with Crippen LogP contribution in [0.15, 0.2) is 61.4 Å². The van der Waals surface area contributed by atoms with Gasteiger partial charge in [0.1, 0.15) is 12.1 Å². The molecule has 0 unspecified atom stereocenters. The van der Waals surface area contributed by atoms with Gasteiger partial charge in [-0.1, -0.05) is 36.9 Å². The van der Waals surface area contributed by atoms with Crippen LogP contribution in [0.4, 0.5) is 11.5 Å². The predicted molar refractivity (Wildman–Crippen MR) is 92.9 cm³/mol. The highest BCUT2D eigenvalue weighted by Crippen LogP contribution is 2.30. The van der Waals surface area contributed by atoms with E-state index in [1.54, 1.807) is 6.33 Å². The average Bonchev–Trinajstić information content (AvgIpc) is 3.09. The zero-order valence-corrected chi connectivity index (χ0v) is 12.7. The maximum atomic E-state index is 4.70. The van der Waals surface area contributed by atoms with Crippen LogP contribution < -0.4 is 4.90 Å². The molecule has 112 valence electrons. The van der Waals surface area contributed by atoms with Crippen LogP contribution in [-0.2, 0) is 0 Å². The van der Waals surface area contributed by atoms with E-state index in [9.17, 15) is 0 Å². The molecule has 0 aliphatic rings. The summed E-state index contributed by atoms with van der Waals surface area (Å²) in [5, 5.41) is 9.11. The molecular formula is C18H15N5. The summed E-state index contributed by atoms with van der Waals surface area (Å²) < 4.78 is 1.89. The summed E-state index contributed by atoms with van der Waals surface area (Å²) in [6.45, 7) is 3.86. The van der Waals surface area contributed by atoms with Crippen LogP contribution in [0.25, 0.3) is 22.8 Å². The van der Waals surface area contributed by atoms with Crippen molar-refractivity contribution >= 4 is 34.3 Å². The highest BCUT2D eigenvalue weighted by molar-refractivity contribution is 5.94. The third-order valence-corrected chi connectivity index (χ3v) is 3.95. The molecular weight excluding hydrogens is 286 g/mol. The minimum atomic E-state index is 0.585. The summed E-state index contributed by atoms with van der Waals surface area (Å²) in [5.41, 5.74) is 3.13. The van der Waals surface area contributed by atoms with E-state index >= 15 is 0 Å². The van der Waals surface area contributed by atoms with Crippen molar-refractivity contribution in [1.29, 1.82) is 0 Å². The third-order valence-electron chi connectivity index (χ3n) is 3.95. The average molecular weight is 301 g/mol. The topological polar surface area (TPSA) is 46.3 Å². The molecule has 2 aromatic heterocycles. The molecule has 0 spiro atoms. The van der Waals surface area contributed by atoms with Gasteiger partial charge in [-0.2, -0.15) is 4.98 Å². The second-order valence-electron chi connectivity index (χ2n) is 5.31. The number of benzene rings is 2. The van der Waals surface area contributed by atoms with Gasteiger partial charge in [0.25, 0.3) is 5.78 Å². The molecule has 0 N–H and O–H groups in total. The largest absolute Gasteiger partial charge is 0.329 e. The fraction of sp³-hybridized carbons (Fsp3) is 0.0556. The Balaban J connectivity index is 2.04. The summed E-state index contributed by atoms with van der Waals surface area (Å²) in [6.07, 6.45) is 3.52. The lowest BCUT2D eigenvalue weighted by molar-refractivity contribution is 1.08. The molecule has 0 amide bonds. The van der Waals surface area contributed by atoms with Gasteiger partial charge < -0.3 is 4.90 Å². The summed E-state index contributed by atoms with van der Waals surface area (Å²) in [6, 6.07) is 16.3. The number of hydrogen-bond acceptors (Lipinski definition) is 4. The summed E-state index contributed by atoms with van der Waals surface area (Å²) in [7, 11) is 2.00. The molecule has 0 fully saturated rings. The van der Waals surface area contributed by atoms with Gasteiger partial charge in [0.05, 0.1) is 5.52 Å². The quantitative estimate of drug-likeness (QED) is 0.579. The molecule has 4 aromatic rings. The van der Waals surface area contributed by atoms with Crippen molar-refractivity contribution in [3.63, 3.8) is 0 Å². The Kier molecular flexibility index (Phi) is 3.05. The Morgan fingerprint density at radius 1 is 1.13 bits per heavy atom. The Labute approximate surface area is 133 Å². The van der Waals surface area contributed by atoms with E-state index in [4.69, 9.17) is 4.98 Å². The Morgan fingerprint density at radius 2 is 1.96 bits per heavy atom. The Morgan fingerprint density at radius 3 is 2.74 bits per heavy atom. The second kappa shape index (κ2) is 5.21. The molecule has 0 saturated heterocycles. The second-order valence-corrected chi connectivity index (χ2v) is 5.31. The van der Waals surface area contributed by atoms with Crippen LogP contribution in [0, 0.1) is 0 Å². The molecule has 5 nitrogen and oxygen atoms in total. The highest BCUT2D eigenvalue weighted by Gasteiger charge is 2.14. The molecule has 2 aromatic carbocycles. The normalized spacial score (nSPS) is 11.0. The van der Waals surface area contributed by atoms with Crippen LogP contribution in [-0.4, -0.2) is 26.6 Å². The molecule has 0 saturated carbocycles. The van der Waals surface area contributed by atoms with Gasteiger partial charge in [-0.25, -0.2) is 0 Å². The standard InChI is InChI=1S/C18H15N5/c1-3-13-9-10-16-15(11-13)17(20-18-21-19-12-23(16)18)22(2)14-7-5-4-6-8-14/h3-12H,1H2,2H3. The molecule has 5 heteroatoms. The van der Waals surface area contributed by atoms with Crippen LogP contribution in [0.5, 0.6) is 0 Å².